The van der Waals surface area contributed by atoms with Gasteiger partial charge in [0.2, 0.25) is 0 Å². The van der Waals surface area contributed by atoms with Gasteiger partial charge in [0.25, 0.3) is 0 Å². The van der Waals surface area contributed by atoms with Crippen molar-refractivity contribution in [1.29, 1.82) is 0 Å². The van der Waals surface area contributed by atoms with Gasteiger partial charge in [0.15, 0.2) is 0 Å². The molecular weight excluding hydrogens is 502 g/mol. The third-order valence-corrected chi connectivity index (χ3v) is 8.14. The summed E-state index contributed by atoms with van der Waals surface area (Å²) in [6.07, 6.45) is 5.10. The Hall–Kier alpha value is -4.23. The molecule has 6 nitrogen and oxygen atoms in total. The summed E-state index contributed by atoms with van der Waals surface area (Å²) >= 11 is 1.71. The van der Waals surface area contributed by atoms with Crippen molar-refractivity contribution in [3.8, 4) is 11.5 Å². The highest BCUT2D eigenvalue weighted by Crippen LogP contribution is 2.39. The number of amides is 2. The molecule has 0 saturated carbocycles. The largest absolute Gasteiger partial charge is 0.322 e. The number of nitrogens with zero attached hydrogens (tertiary/aromatic N) is 4. The molecule has 3 heterocycles. The van der Waals surface area contributed by atoms with Crippen molar-refractivity contribution in [1.82, 2.24) is 19.2 Å². The number of carbonyl (C=O) groups excluding carboxylic acids is 1. The standard InChI is InChI=1S/C32H31N5OS/c1-4-23-12-16-25(17-13-23)33-32(38)36-21-28-22(2)34-37(26-9-6-5-7-10-26)31(28)35-20-8-11-29(35)30(36)24-14-18-27(39-3)19-15-24/h5-20,30H,4,21H2,1-3H3,(H,33,38)/t30-/m1/s1. The van der Waals surface area contributed by atoms with E-state index in [0.717, 1.165) is 46.1 Å². The number of urea groups is 1. The van der Waals surface area contributed by atoms with E-state index in [1.165, 1.54) is 10.5 Å². The van der Waals surface area contributed by atoms with Crippen molar-refractivity contribution in [3.05, 3.63) is 125 Å². The first-order chi connectivity index (χ1) is 19.1. The molecule has 2 amide bonds. The van der Waals surface area contributed by atoms with E-state index in [1.54, 1.807) is 11.8 Å². The molecule has 0 spiro atoms. The van der Waals surface area contributed by atoms with Crippen LogP contribution in [0.5, 0.6) is 0 Å². The smallest absolute Gasteiger partial charge is 0.308 e. The Morgan fingerprint density at radius 3 is 2.41 bits per heavy atom. The van der Waals surface area contributed by atoms with Crippen molar-refractivity contribution >= 4 is 23.5 Å². The number of carbonyl (C=O) groups is 1. The minimum atomic E-state index is -0.290. The SMILES string of the molecule is CCc1ccc(NC(=O)N2Cc3c(C)nn(-c4ccccc4)c3-n3cccc3[C@H]2c2ccc(SC)cc2)cc1. The average molecular weight is 534 g/mol. The van der Waals surface area contributed by atoms with Crippen LogP contribution in [0.25, 0.3) is 11.5 Å². The third kappa shape index (κ3) is 4.63. The fourth-order valence-electron chi connectivity index (χ4n) is 5.31. The van der Waals surface area contributed by atoms with Gasteiger partial charge in [-0.3, -0.25) is 0 Å². The lowest BCUT2D eigenvalue weighted by Gasteiger charge is -2.31. The third-order valence-electron chi connectivity index (χ3n) is 7.39. The van der Waals surface area contributed by atoms with Gasteiger partial charge in [0.05, 0.1) is 29.7 Å². The molecular formula is C32H31N5OS. The Morgan fingerprint density at radius 1 is 0.974 bits per heavy atom. The molecule has 3 aromatic carbocycles. The van der Waals surface area contributed by atoms with E-state index >= 15 is 0 Å². The second-order valence-corrected chi connectivity index (χ2v) is 10.6. The maximum atomic E-state index is 14.1. The van der Waals surface area contributed by atoms with Crippen LogP contribution in [0.4, 0.5) is 10.5 Å². The van der Waals surface area contributed by atoms with Gasteiger partial charge < -0.3 is 14.8 Å². The number of para-hydroxylation sites is 1. The maximum absolute atomic E-state index is 14.1. The van der Waals surface area contributed by atoms with Gasteiger partial charge in [-0.25, -0.2) is 9.48 Å². The van der Waals surface area contributed by atoms with Crippen LogP contribution in [0.1, 0.15) is 41.0 Å². The van der Waals surface area contributed by atoms with Crippen molar-refractivity contribution in [2.24, 2.45) is 0 Å². The van der Waals surface area contributed by atoms with Crippen molar-refractivity contribution in [3.63, 3.8) is 0 Å². The molecule has 2 aromatic heterocycles. The lowest BCUT2D eigenvalue weighted by Crippen LogP contribution is -2.38. The predicted octanol–water partition coefficient (Wildman–Crippen LogP) is 7.39. The Kier molecular flexibility index (Phi) is 6.75. The molecule has 0 aliphatic carbocycles. The summed E-state index contributed by atoms with van der Waals surface area (Å²) in [7, 11) is 0. The van der Waals surface area contributed by atoms with Gasteiger partial charge in [-0.1, -0.05) is 49.4 Å². The molecule has 0 fully saturated rings. The summed E-state index contributed by atoms with van der Waals surface area (Å²) in [5.74, 6) is 0.965. The predicted molar refractivity (Wildman–Crippen MR) is 158 cm³/mol. The van der Waals surface area contributed by atoms with Crippen molar-refractivity contribution < 1.29 is 4.79 Å². The highest BCUT2D eigenvalue weighted by atomic mass is 32.2. The van der Waals surface area contributed by atoms with Crippen LogP contribution >= 0.6 is 11.8 Å². The van der Waals surface area contributed by atoms with Gasteiger partial charge in [-0.05, 0) is 79.3 Å². The number of hydrogen-bond donors (Lipinski definition) is 1. The molecule has 1 N–H and O–H groups in total. The topological polar surface area (TPSA) is 55.1 Å². The quantitative estimate of drug-likeness (QED) is 0.240. The Morgan fingerprint density at radius 2 is 1.72 bits per heavy atom. The second-order valence-electron chi connectivity index (χ2n) is 9.72. The van der Waals surface area contributed by atoms with Gasteiger partial charge in [0, 0.05) is 22.3 Å². The molecule has 0 bridgehead atoms. The first-order valence-corrected chi connectivity index (χ1v) is 14.4. The monoisotopic (exact) mass is 533 g/mol. The molecule has 5 aromatic rings. The molecule has 0 saturated heterocycles. The van der Waals surface area contributed by atoms with E-state index in [2.05, 4.69) is 83.9 Å². The maximum Gasteiger partial charge on any atom is 0.322 e. The van der Waals surface area contributed by atoms with Crippen molar-refractivity contribution in [2.75, 3.05) is 11.6 Å². The zero-order valence-corrected chi connectivity index (χ0v) is 23.2. The van der Waals surface area contributed by atoms with Gasteiger partial charge >= 0.3 is 6.03 Å². The lowest BCUT2D eigenvalue weighted by molar-refractivity contribution is 0.194. The number of anilines is 1. The summed E-state index contributed by atoms with van der Waals surface area (Å²) in [5, 5.41) is 8.11. The molecule has 1 atom stereocenters. The van der Waals surface area contributed by atoms with Crippen LogP contribution in [0.15, 0.2) is 102 Å². The van der Waals surface area contributed by atoms with E-state index in [9.17, 15) is 4.79 Å². The normalized spacial score (nSPS) is 14.4. The summed E-state index contributed by atoms with van der Waals surface area (Å²) in [6, 6.07) is 30.5. The molecule has 7 heteroatoms. The zero-order valence-electron chi connectivity index (χ0n) is 22.3. The molecule has 39 heavy (non-hydrogen) atoms. The first-order valence-electron chi connectivity index (χ1n) is 13.2. The lowest BCUT2D eigenvalue weighted by atomic mass is 10.0. The summed E-state index contributed by atoms with van der Waals surface area (Å²) in [6.45, 7) is 4.57. The average Bonchev–Trinajstić information content (AvgIpc) is 3.54. The molecule has 6 rings (SSSR count). The highest BCUT2D eigenvalue weighted by molar-refractivity contribution is 7.98. The van der Waals surface area contributed by atoms with E-state index in [-0.39, 0.29) is 12.1 Å². The number of aryl methyl sites for hydroxylation is 2. The van der Waals surface area contributed by atoms with Crippen LogP contribution < -0.4 is 5.32 Å². The number of rotatable bonds is 5. The summed E-state index contributed by atoms with van der Waals surface area (Å²) < 4.78 is 4.19. The molecule has 196 valence electrons. The number of aromatic nitrogens is 3. The molecule has 1 aliphatic rings. The fourth-order valence-corrected chi connectivity index (χ4v) is 5.71. The number of nitrogens with one attached hydrogen (secondary N) is 1. The van der Waals surface area contributed by atoms with E-state index < -0.39 is 0 Å². The number of benzene rings is 3. The van der Waals surface area contributed by atoms with E-state index in [4.69, 9.17) is 5.10 Å². The Balaban J connectivity index is 1.50. The van der Waals surface area contributed by atoms with Crippen LogP contribution in [0.2, 0.25) is 0 Å². The summed E-state index contributed by atoms with van der Waals surface area (Å²) in [5.41, 5.74) is 7.00. The van der Waals surface area contributed by atoms with Crippen LogP contribution in [-0.4, -0.2) is 31.5 Å². The van der Waals surface area contributed by atoms with Gasteiger partial charge in [0.1, 0.15) is 5.82 Å². The molecule has 0 radical (unpaired) electrons. The minimum Gasteiger partial charge on any atom is -0.308 e. The second kappa shape index (κ2) is 10.5. The number of fused-ring (bicyclic) bond motifs is 3. The van der Waals surface area contributed by atoms with Crippen LogP contribution in [0, 0.1) is 6.92 Å². The molecule has 0 unspecified atom stereocenters. The summed E-state index contributed by atoms with van der Waals surface area (Å²) in [4.78, 5) is 17.2. The van der Waals surface area contributed by atoms with Gasteiger partial charge in [-0.15, -0.1) is 11.8 Å². The van der Waals surface area contributed by atoms with Crippen molar-refractivity contribution in [2.45, 2.75) is 37.8 Å². The van der Waals surface area contributed by atoms with Crippen LogP contribution in [0.3, 0.4) is 0 Å². The Bertz CT molecular complexity index is 1600. The van der Waals surface area contributed by atoms with Crippen LogP contribution in [-0.2, 0) is 13.0 Å². The first kappa shape index (κ1) is 25.1. The fraction of sp³-hybridized carbons (Fsp3) is 0.188. The van der Waals surface area contributed by atoms with Gasteiger partial charge in [-0.2, -0.15) is 5.10 Å². The minimum absolute atomic E-state index is 0.148. The van der Waals surface area contributed by atoms with E-state index in [0.29, 0.717) is 6.54 Å². The highest BCUT2D eigenvalue weighted by Gasteiger charge is 2.36. The Labute approximate surface area is 233 Å². The van der Waals surface area contributed by atoms with E-state index in [1.807, 2.05) is 52.9 Å². The zero-order chi connectivity index (χ0) is 26.9. The number of hydrogen-bond acceptors (Lipinski definition) is 3. The molecule has 1 aliphatic heterocycles. The number of thioether (sulfide) groups is 1.